The summed E-state index contributed by atoms with van der Waals surface area (Å²) in [6.45, 7) is 2.64. The number of aliphatic hydroxyl groups excluding tert-OH is 1. The predicted octanol–water partition coefficient (Wildman–Crippen LogP) is 3.90. The number of ether oxygens (including phenoxy) is 1. The number of hydrogen-bond donors (Lipinski definition) is 1. The molecule has 0 unspecified atom stereocenters. The van der Waals surface area contributed by atoms with E-state index in [9.17, 15) is 9.90 Å². The molecular weight excluding hydrogens is 350 g/mol. The minimum absolute atomic E-state index is 0.0139. The second kappa shape index (κ2) is 9.67. The summed E-state index contributed by atoms with van der Waals surface area (Å²) in [5.41, 5.74) is 3.52. The number of carbonyl (C=O) groups excluding carboxylic acids is 1. The number of fused-ring (bicyclic) bond motifs is 1. The zero-order valence-corrected chi connectivity index (χ0v) is 16.6. The number of carbonyl (C=O) groups is 1. The fraction of sp³-hybridized carbons (Fsp3) is 0.375. The van der Waals surface area contributed by atoms with Gasteiger partial charge in [0.2, 0.25) is 5.91 Å². The van der Waals surface area contributed by atoms with E-state index in [4.69, 9.17) is 4.74 Å². The summed E-state index contributed by atoms with van der Waals surface area (Å²) in [7, 11) is 1.71. The third-order valence-electron chi connectivity index (χ3n) is 5.48. The van der Waals surface area contributed by atoms with Gasteiger partial charge >= 0.3 is 0 Å². The second-order valence-corrected chi connectivity index (χ2v) is 7.39. The molecule has 3 rings (SSSR count). The van der Waals surface area contributed by atoms with Gasteiger partial charge in [-0.3, -0.25) is 4.79 Å². The summed E-state index contributed by atoms with van der Waals surface area (Å²) in [6, 6.07) is 18.1. The molecule has 148 valence electrons. The first-order valence-corrected chi connectivity index (χ1v) is 9.85. The van der Waals surface area contributed by atoms with Crippen LogP contribution in [0.4, 0.5) is 0 Å². The first-order chi connectivity index (χ1) is 13.6. The Morgan fingerprint density at radius 1 is 1.18 bits per heavy atom. The molecule has 1 heterocycles. The molecule has 3 atom stereocenters. The monoisotopic (exact) mass is 379 g/mol. The van der Waals surface area contributed by atoms with Crippen LogP contribution in [0.15, 0.2) is 66.7 Å². The van der Waals surface area contributed by atoms with Gasteiger partial charge < -0.3 is 14.7 Å². The van der Waals surface area contributed by atoms with Gasteiger partial charge in [-0.2, -0.15) is 0 Å². The number of hydrogen-bond acceptors (Lipinski definition) is 3. The summed E-state index contributed by atoms with van der Waals surface area (Å²) in [5.74, 6) is 0.196. The van der Waals surface area contributed by atoms with Crippen LogP contribution in [0.1, 0.15) is 36.1 Å². The maximum atomic E-state index is 12.8. The van der Waals surface area contributed by atoms with E-state index in [1.807, 2.05) is 47.4 Å². The Morgan fingerprint density at radius 3 is 2.54 bits per heavy atom. The summed E-state index contributed by atoms with van der Waals surface area (Å²) in [6.07, 6.45) is 4.97. The molecule has 2 aromatic rings. The lowest BCUT2D eigenvalue weighted by Gasteiger charge is -2.36. The molecule has 0 fully saturated rings. The zero-order valence-electron chi connectivity index (χ0n) is 16.6. The van der Waals surface area contributed by atoms with Crippen LogP contribution in [0.2, 0.25) is 0 Å². The summed E-state index contributed by atoms with van der Waals surface area (Å²) < 4.78 is 5.67. The maximum absolute atomic E-state index is 12.8. The van der Waals surface area contributed by atoms with Crippen LogP contribution in [0.25, 0.3) is 0 Å². The van der Waals surface area contributed by atoms with Crippen molar-refractivity contribution in [3.05, 3.63) is 83.4 Å². The molecule has 4 nitrogen and oxygen atoms in total. The third-order valence-corrected chi connectivity index (χ3v) is 5.48. The molecule has 28 heavy (non-hydrogen) atoms. The Hall–Kier alpha value is -2.43. The van der Waals surface area contributed by atoms with Gasteiger partial charge in [0.25, 0.3) is 0 Å². The summed E-state index contributed by atoms with van der Waals surface area (Å²) in [4.78, 5) is 14.6. The Kier molecular flexibility index (Phi) is 7.01. The van der Waals surface area contributed by atoms with Crippen LogP contribution in [-0.4, -0.2) is 35.7 Å². The standard InChI is InChI=1S/C24H29NO3/c1-18(24(28-2)19-10-4-3-5-11-19)9-8-14-23(27)25-16-21-13-7-6-12-20(21)15-22(25)17-26/h3-13,18,22,24,26H,14-17H2,1-2H3/b9-8+/t18-,22+,24+/m1/s1. The highest BCUT2D eigenvalue weighted by atomic mass is 16.5. The Morgan fingerprint density at radius 2 is 1.86 bits per heavy atom. The van der Waals surface area contributed by atoms with Crippen molar-refractivity contribution >= 4 is 5.91 Å². The van der Waals surface area contributed by atoms with Crippen LogP contribution in [0.5, 0.6) is 0 Å². The van der Waals surface area contributed by atoms with Gasteiger partial charge in [0.05, 0.1) is 18.8 Å². The maximum Gasteiger partial charge on any atom is 0.227 e. The smallest absolute Gasteiger partial charge is 0.227 e. The highest BCUT2D eigenvalue weighted by Gasteiger charge is 2.28. The molecule has 0 saturated heterocycles. The first kappa shape index (κ1) is 20.3. The molecule has 0 bridgehead atoms. The van der Waals surface area contributed by atoms with Crippen molar-refractivity contribution in [1.82, 2.24) is 4.90 Å². The van der Waals surface area contributed by atoms with Crippen molar-refractivity contribution in [1.29, 1.82) is 0 Å². The normalized spacial score (nSPS) is 18.7. The average molecular weight is 380 g/mol. The minimum Gasteiger partial charge on any atom is -0.394 e. The largest absolute Gasteiger partial charge is 0.394 e. The molecule has 0 aromatic heterocycles. The number of rotatable bonds is 7. The van der Waals surface area contributed by atoms with E-state index in [0.29, 0.717) is 19.4 Å². The Labute approximate surface area is 167 Å². The van der Waals surface area contributed by atoms with Crippen LogP contribution < -0.4 is 0 Å². The van der Waals surface area contributed by atoms with Crippen molar-refractivity contribution < 1.29 is 14.6 Å². The van der Waals surface area contributed by atoms with Crippen molar-refractivity contribution in [3.8, 4) is 0 Å². The molecule has 2 aromatic carbocycles. The zero-order chi connectivity index (χ0) is 19.9. The molecule has 4 heteroatoms. The second-order valence-electron chi connectivity index (χ2n) is 7.39. The van der Waals surface area contributed by atoms with E-state index in [0.717, 1.165) is 5.56 Å². The van der Waals surface area contributed by atoms with E-state index in [2.05, 4.69) is 31.2 Å². The minimum atomic E-state index is -0.149. The van der Waals surface area contributed by atoms with Gasteiger partial charge in [-0.25, -0.2) is 0 Å². The summed E-state index contributed by atoms with van der Waals surface area (Å²) >= 11 is 0. The van der Waals surface area contributed by atoms with Crippen LogP contribution >= 0.6 is 0 Å². The van der Waals surface area contributed by atoms with Crippen LogP contribution in [0.3, 0.4) is 0 Å². The van der Waals surface area contributed by atoms with E-state index < -0.39 is 0 Å². The highest BCUT2D eigenvalue weighted by Crippen LogP contribution is 2.27. The van der Waals surface area contributed by atoms with Gasteiger partial charge in [0.1, 0.15) is 0 Å². The van der Waals surface area contributed by atoms with E-state index >= 15 is 0 Å². The number of benzene rings is 2. The lowest BCUT2D eigenvalue weighted by atomic mass is 9.94. The molecule has 1 N–H and O–H groups in total. The third kappa shape index (κ3) is 4.70. The molecule has 0 aliphatic carbocycles. The molecule has 1 aliphatic heterocycles. The van der Waals surface area contributed by atoms with Crippen molar-refractivity contribution in [2.75, 3.05) is 13.7 Å². The van der Waals surface area contributed by atoms with Gasteiger partial charge in [-0.1, -0.05) is 73.7 Å². The van der Waals surface area contributed by atoms with E-state index in [1.54, 1.807) is 7.11 Å². The van der Waals surface area contributed by atoms with Crippen LogP contribution in [-0.2, 0) is 22.5 Å². The fourth-order valence-corrected chi connectivity index (χ4v) is 3.94. The highest BCUT2D eigenvalue weighted by molar-refractivity contribution is 5.78. The van der Waals surface area contributed by atoms with E-state index in [-0.39, 0.29) is 30.6 Å². The van der Waals surface area contributed by atoms with Gasteiger partial charge in [-0.15, -0.1) is 0 Å². The molecule has 0 spiro atoms. The predicted molar refractivity (Wildman–Crippen MR) is 111 cm³/mol. The first-order valence-electron chi connectivity index (χ1n) is 9.85. The van der Waals surface area contributed by atoms with Crippen molar-refractivity contribution in [3.63, 3.8) is 0 Å². The number of methoxy groups -OCH3 is 1. The number of amides is 1. The molecular formula is C24H29NO3. The van der Waals surface area contributed by atoms with Gasteiger partial charge in [0, 0.05) is 26.0 Å². The molecule has 0 radical (unpaired) electrons. The average Bonchev–Trinajstić information content (AvgIpc) is 2.74. The Bertz CT molecular complexity index is 803. The fourth-order valence-electron chi connectivity index (χ4n) is 3.94. The number of aliphatic hydroxyl groups is 1. The summed E-state index contributed by atoms with van der Waals surface area (Å²) in [5, 5.41) is 9.75. The van der Waals surface area contributed by atoms with E-state index in [1.165, 1.54) is 11.1 Å². The molecule has 1 aliphatic rings. The topological polar surface area (TPSA) is 49.8 Å². The lowest BCUT2D eigenvalue weighted by Crippen LogP contribution is -2.46. The van der Waals surface area contributed by atoms with Crippen LogP contribution in [0, 0.1) is 5.92 Å². The number of nitrogens with zero attached hydrogens (tertiary/aromatic N) is 1. The quantitative estimate of drug-likeness (QED) is 0.742. The van der Waals surface area contributed by atoms with Gasteiger partial charge in [0.15, 0.2) is 0 Å². The van der Waals surface area contributed by atoms with Crippen molar-refractivity contribution in [2.45, 2.75) is 38.5 Å². The molecule has 0 saturated carbocycles. The van der Waals surface area contributed by atoms with Crippen molar-refractivity contribution in [2.24, 2.45) is 5.92 Å². The lowest BCUT2D eigenvalue weighted by molar-refractivity contribution is -0.134. The molecule has 1 amide bonds. The SMILES string of the molecule is CO[C@H](c1ccccc1)[C@H](C)/C=C/CC(=O)N1Cc2ccccc2C[C@H]1CO. The van der Waals surface area contributed by atoms with Gasteiger partial charge in [-0.05, 0) is 23.1 Å². The Balaban J connectivity index is 1.62.